The van der Waals surface area contributed by atoms with Gasteiger partial charge in [0.25, 0.3) is 5.91 Å². The maximum Gasteiger partial charge on any atom is 0.266 e. The van der Waals surface area contributed by atoms with Gasteiger partial charge in [0.2, 0.25) is 0 Å². The molecule has 5 nitrogen and oxygen atoms in total. The number of carbonyl (C=O) groups excluding carboxylic acids is 1. The van der Waals surface area contributed by atoms with Crippen molar-refractivity contribution in [3.8, 4) is 6.07 Å². The molecule has 0 aliphatic heterocycles. The highest BCUT2D eigenvalue weighted by atomic mass is 35.5. The average Bonchev–Trinajstić information content (AvgIpc) is 3.26. The number of benzene rings is 1. The number of aryl methyl sites for hydroxylation is 2. The Morgan fingerprint density at radius 2 is 2.07 bits per heavy atom. The smallest absolute Gasteiger partial charge is 0.266 e. The monoisotopic (exact) mass is 393 g/mol. The summed E-state index contributed by atoms with van der Waals surface area (Å²) in [4.78, 5) is 12.6. The van der Waals surface area contributed by atoms with Gasteiger partial charge in [0.05, 0.1) is 12.8 Å². The number of hydrogen-bond donors (Lipinski definition) is 1. The Morgan fingerprint density at radius 3 is 2.75 bits per heavy atom. The van der Waals surface area contributed by atoms with Gasteiger partial charge in [-0.1, -0.05) is 17.7 Å². The number of hydrogen-bond acceptors (Lipinski definition) is 3. The number of rotatable bonds is 5. The number of anilines is 1. The Bertz CT molecular complexity index is 1090. The molecule has 0 spiro atoms. The van der Waals surface area contributed by atoms with Crippen molar-refractivity contribution in [1.82, 2.24) is 4.57 Å². The van der Waals surface area contributed by atoms with E-state index in [0.29, 0.717) is 17.3 Å². The minimum absolute atomic E-state index is 0.0256. The molecule has 0 radical (unpaired) electrons. The summed E-state index contributed by atoms with van der Waals surface area (Å²) in [5.74, 6) is 0.371. The normalized spacial score (nSPS) is 11.3. The number of halogens is 1. The van der Waals surface area contributed by atoms with Gasteiger partial charge in [-0.15, -0.1) is 0 Å². The summed E-state index contributed by atoms with van der Waals surface area (Å²) in [6.45, 7) is 6.39. The van der Waals surface area contributed by atoms with Crippen molar-refractivity contribution in [3.05, 3.63) is 81.5 Å². The van der Waals surface area contributed by atoms with Gasteiger partial charge in [0.1, 0.15) is 17.4 Å². The fraction of sp³-hybridized carbons (Fsp3) is 0.182. The molecule has 0 saturated carbocycles. The van der Waals surface area contributed by atoms with E-state index in [-0.39, 0.29) is 5.57 Å². The first-order valence-corrected chi connectivity index (χ1v) is 9.15. The van der Waals surface area contributed by atoms with Gasteiger partial charge >= 0.3 is 0 Å². The second-order valence-electron chi connectivity index (χ2n) is 6.58. The third-order valence-corrected chi connectivity index (χ3v) is 4.85. The van der Waals surface area contributed by atoms with E-state index in [1.54, 1.807) is 24.5 Å². The van der Waals surface area contributed by atoms with Gasteiger partial charge < -0.3 is 14.3 Å². The Hall–Kier alpha value is -3.23. The number of nitrogens with one attached hydrogen (secondary N) is 1. The summed E-state index contributed by atoms with van der Waals surface area (Å²) in [5.41, 5.74) is 4.27. The quantitative estimate of drug-likeness (QED) is 0.475. The van der Waals surface area contributed by atoms with Crippen LogP contribution in [0.5, 0.6) is 0 Å². The van der Waals surface area contributed by atoms with Gasteiger partial charge in [-0.3, -0.25) is 4.79 Å². The van der Waals surface area contributed by atoms with Crippen LogP contribution < -0.4 is 5.32 Å². The number of amides is 1. The highest BCUT2D eigenvalue weighted by Crippen LogP contribution is 2.23. The Labute approximate surface area is 168 Å². The van der Waals surface area contributed by atoms with E-state index in [1.165, 1.54) is 0 Å². The maximum atomic E-state index is 12.6. The topological polar surface area (TPSA) is 71.0 Å². The summed E-state index contributed by atoms with van der Waals surface area (Å²) in [7, 11) is 0. The fourth-order valence-electron chi connectivity index (χ4n) is 3.00. The molecule has 2 heterocycles. The molecule has 0 aliphatic carbocycles. The summed E-state index contributed by atoms with van der Waals surface area (Å²) < 4.78 is 7.50. The van der Waals surface area contributed by atoms with Crippen molar-refractivity contribution in [2.75, 3.05) is 5.32 Å². The molecule has 1 N–H and O–H groups in total. The van der Waals surface area contributed by atoms with Crippen molar-refractivity contribution in [2.24, 2.45) is 0 Å². The molecule has 0 fully saturated rings. The SMILES string of the molecule is Cc1ccc(Cl)cc1NC(=O)/C(C#N)=C/c1cc(C)n(Cc2ccco2)c1C. The summed E-state index contributed by atoms with van der Waals surface area (Å²) in [6, 6.07) is 12.9. The lowest BCUT2D eigenvalue weighted by Gasteiger charge is -2.09. The van der Waals surface area contributed by atoms with Crippen LogP contribution in [0.1, 0.15) is 28.3 Å². The van der Waals surface area contributed by atoms with Crippen molar-refractivity contribution < 1.29 is 9.21 Å². The molecule has 142 valence electrons. The molecular formula is C22H20ClN3O2. The van der Waals surface area contributed by atoms with Gasteiger partial charge in [-0.05, 0) is 68.3 Å². The number of aromatic nitrogens is 1. The molecule has 6 heteroatoms. The van der Waals surface area contributed by atoms with E-state index in [2.05, 4.69) is 9.88 Å². The minimum Gasteiger partial charge on any atom is -0.467 e. The summed E-state index contributed by atoms with van der Waals surface area (Å²) in [6.07, 6.45) is 3.25. The van der Waals surface area contributed by atoms with Gasteiger partial charge in [0, 0.05) is 22.1 Å². The van der Waals surface area contributed by atoms with Crippen LogP contribution >= 0.6 is 11.6 Å². The standard InChI is InChI=1S/C22H20ClN3O2/c1-14-6-7-19(23)11-21(14)25-22(27)18(12-24)10-17-9-15(2)26(16(17)3)13-20-5-4-8-28-20/h4-11H,13H2,1-3H3,(H,25,27)/b18-10+. The first-order chi connectivity index (χ1) is 13.4. The molecule has 0 unspecified atom stereocenters. The molecule has 3 aromatic rings. The van der Waals surface area contributed by atoms with Crippen LogP contribution in [0.15, 0.2) is 52.7 Å². The van der Waals surface area contributed by atoms with Crippen LogP contribution in [0, 0.1) is 32.1 Å². The summed E-state index contributed by atoms with van der Waals surface area (Å²) >= 11 is 6.00. The zero-order valence-corrected chi connectivity index (χ0v) is 16.7. The lowest BCUT2D eigenvalue weighted by atomic mass is 10.1. The van der Waals surface area contributed by atoms with E-state index < -0.39 is 5.91 Å². The zero-order chi connectivity index (χ0) is 20.3. The molecule has 28 heavy (non-hydrogen) atoms. The Balaban J connectivity index is 1.87. The van der Waals surface area contributed by atoms with E-state index in [0.717, 1.165) is 28.3 Å². The van der Waals surface area contributed by atoms with Crippen LogP contribution in [0.4, 0.5) is 5.69 Å². The zero-order valence-electron chi connectivity index (χ0n) is 15.9. The molecule has 1 aromatic carbocycles. The van der Waals surface area contributed by atoms with Crippen LogP contribution in [0.25, 0.3) is 6.08 Å². The first kappa shape index (κ1) is 19.5. The van der Waals surface area contributed by atoms with E-state index in [9.17, 15) is 10.1 Å². The number of furan rings is 1. The van der Waals surface area contributed by atoms with Crippen LogP contribution in [-0.2, 0) is 11.3 Å². The highest BCUT2D eigenvalue weighted by molar-refractivity contribution is 6.31. The number of nitriles is 1. The van der Waals surface area contributed by atoms with Gasteiger partial charge in [-0.25, -0.2) is 0 Å². The second-order valence-corrected chi connectivity index (χ2v) is 7.01. The van der Waals surface area contributed by atoms with Crippen LogP contribution in [0.3, 0.4) is 0 Å². The maximum absolute atomic E-state index is 12.6. The average molecular weight is 394 g/mol. The third kappa shape index (κ3) is 4.19. The van der Waals surface area contributed by atoms with Crippen LogP contribution in [-0.4, -0.2) is 10.5 Å². The second kappa shape index (κ2) is 8.20. The van der Waals surface area contributed by atoms with Crippen molar-refractivity contribution in [1.29, 1.82) is 5.26 Å². The van der Waals surface area contributed by atoms with Crippen LogP contribution in [0.2, 0.25) is 5.02 Å². The molecule has 0 saturated heterocycles. The van der Waals surface area contributed by atoms with Crippen molar-refractivity contribution in [2.45, 2.75) is 27.3 Å². The highest BCUT2D eigenvalue weighted by Gasteiger charge is 2.14. The number of nitrogens with zero attached hydrogens (tertiary/aromatic N) is 2. The van der Waals surface area contributed by atoms with Crippen molar-refractivity contribution in [3.63, 3.8) is 0 Å². The fourth-order valence-corrected chi connectivity index (χ4v) is 3.17. The molecule has 1 amide bonds. The number of carbonyl (C=O) groups is 1. The first-order valence-electron chi connectivity index (χ1n) is 8.77. The van der Waals surface area contributed by atoms with E-state index in [4.69, 9.17) is 16.0 Å². The Kier molecular flexibility index (Phi) is 5.72. The Morgan fingerprint density at radius 1 is 1.29 bits per heavy atom. The molecule has 0 bridgehead atoms. The molecular weight excluding hydrogens is 374 g/mol. The lowest BCUT2D eigenvalue weighted by Crippen LogP contribution is -2.14. The molecule has 0 aliphatic rings. The van der Waals surface area contributed by atoms with Gasteiger partial charge in [-0.2, -0.15) is 5.26 Å². The third-order valence-electron chi connectivity index (χ3n) is 4.62. The predicted octanol–water partition coefficient (Wildman–Crippen LogP) is 5.25. The van der Waals surface area contributed by atoms with E-state index in [1.807, 2.05) is 51.1 Å². The minimum atomic E-state index is -0.469. The molecule has 2 aromatic heterocycles. The van der Waals surface area contributed by atoms with Gasteiger partial charge in [0.15, 0.2) is 0 Å². The molecule has 0 atom stereocenters. The lowest BCUT2D eigenvalue weighted by molar-refractivity contribution is -0.112. The largest absolute Gasteiger partial charge is 0.467 e. The van der Waals surface area contributed by atoms with Crippen molar-refractivity contribution >= 4 is 29.3 Å². The van der Waals surface area contributed by atoms with E-state index >= 15 is 0 Å². The summed E-state index contributed by atoms with van der Waals surface area (Å²) in [5, 5.41) is 12.8. The molecule has 3 rings (SSSR count). The predicted molar refractivity (Wildman–Crippen MR) is 110 cm³/mol.